The zero-order chi connectivity index (χ0) is 34.4. The molecular weight excluding hydrogens is 611 g/mol. The molecule has 0 bridgehead atoms. The normalized spacial score (nSPS) is 19.1. The Labute approximate surface area is 281 Å². The summed E-state index contributed by atoms with van der Waals surface area (Å²) < 4.78 is 25.2. The van der Waals surface area contributed by atoms with Crippen LogP contribution in [0.2, 0.25) is 18.1 Å². The molecule has 0 aliphatic carbocycles. The number of ether oxygens (including phenoxy) is 3. The van der Waals surface area contributed by atoms with Crippen LogP contribution in [0.4, 0.5) is 4.79 Å². The molecule has 1 aliphatic rings. The summed E-state index contributed by atoms with van der Waals surface area (Å²) in [4.78, 5) is 29.2. The molecule has 1 heterocycles. The second kappa shape index (κ2) is 15.3. The topological polar surface area (TPSA) is 94.5 Å². The molecular formula is C38H51NO7Si. The minimum Gasteiger partial charge on any atom is -0.441 e. The zero-order valence-electron chi connectivity index (χ0n) is 29.0. The van der Waals surface area contributed by atoms with Gasteiger partial charge in [-0.15, -0.1) is 0 Å². The molecule has 0 unspecified atom stereocenters. The maximum Gasteiger partial charge on any atom is 0.417 e. The molecule has 0 aromatic heterocycles. The van der Waals surface area contributed by atoms with Gasteiger partial charge in [-0.25, -0.2) is 9.69 Å². The summed E-state index contributed by atoms with van der Waals surface area (Å²) in [6, 6.07) is 28.1. The van der Waals surface area contributed by atoms with Gasteiger partial charge in [-0.3, -0.25) is 4.79 Å². The molecule has 2 amide bonds. The number of amides is 2. The molecule has 0 saturated carbocycles. The van der Waals surface area contributed by atoms with Gasteiger partial charge in [0.15, 0.2) is 14.4 Å². The zero-order valence-corrected chi connectivity index (χ0v) is 30.0. The van der Waals surface area contributed by atoms with Crippen LogP contribution in [0.15, 0.2) is 91.0 Å². The van der Waals surface area contributed by atoms with Crippen LogP contribution in [-0.4, -0.2) is 66.4 Å². The Kier molecular flexibility index (Phi) is 11.8. The smallest absolute Gasteiger partial charge is 0.417 e. The van der Waals surface area contributed by atoms with Crippen molar-refractivity contribution in [1.82, 2.24) is 4.90 Å². The van der Waals surface area contributed by atoms with E-state index < -0.39 is 56.4 Å². The van der Waals surface area contributed by atoms with Gasteiger partial charge in [0.05, 0.1) is 25.4 Å². The summed E-state index contributed by atoms with van der Waals surface area (Å²) in [5, 5.41) is 12.1. The van der Waals surface area contributed by atoms with Crippen molar-refractivity contribution in [2.45, 2.75) is 115 Å². The lowest BCUT2D eigenvalue weighted by atomic mass is 9.91. The van der Waals surface area contributed by atoms with E-state index in [2.05, 4.69) is 33.9 Å². The number of benzene rings is 3. The maximum atomic E-state index is 14.6. The highest BCUT2D eigenvalue weighted by molar-refractivity contribution is 6.74. The van der Waals surface area contributed by atoms with Crippen LogP contribution >= 0.6 is 0 Å². The first kappa shape index (κ1) is 36.5. The highest BCUT2D eigenvalue weighted by Gasteiger charge is 2.54. The van der Waals surface area contributed by atoms with Gasteiger partial charge < -0.3 is 23.7 Å². The molecule has 1 fully saturated rings. The lowest BCUT2D eigenvalue weighted by molar-refractivity contribution is -0.172. The van der Waals surface area contributed by atoms with Crippen LogP contribution in [0.3, 0.4) is 0 Å². The van der Waals surface area contributed by atoms with Crippen molar-refractivity contribution in [1.29, 1.82) is 0 Å². The number of imide groups is 1. The number of hydrogen-bond donors (Lipinski definition) is 1. The van der Waals surface area contributed by atoms with Gasteiger partial charge in [0.1, 0.15) is 17.8 Å². The monoisotopic (exact) mass is 661 g/mol. The lowest BCUT2D eigenvalue weighted by Crippen LogP contribution is -2.58. The third-order valence-electron chi connectivity index (χ3n) is 9.37. The number of carbonyl (C=O) groups is 2. The van der Waals surface area contributed by atoms with E-state index in [0.717, 1.165) is 21.6 Å². The summed E-state index contributed by atoms with van der Waals surface area (Å²) in [5.41, 5.74) is 1.70. The Bertz CT molecular complexity index is 1440. The molecule has 1 saturated heterocycles. The van der Waals surface area contributed by atoms with E-state index in [-0.39, 0.29) is 18.3 Å². The molecule has 1 aliphatic heterocycles. The van der Waals surface area contributed by atoms with E-state index in [0.29, 0.717) is 6.42 Å². The Hall–Kier alpha value is -3.34. The lowest BCUT2D eigenvalue weighted by Gasteiger charge is -2.42. The number of carbonyl (C=O) groups excluding carboxylic acids is 2. The number of nitrogens with zero attached hydrogens (tertiary/aromatic N) is 1. The number of cyclic esters (lactones) is 1. The highest BCUT2D eigenvalue weighted by atomic mass is 28.4. The van der Waals surface area contributed by atoms with Crippen molar-refractivity contribution in [2.75, 3.05) is 0 Å². The van der Waals surface area contributed by atoms with Crippen molar-refractivity contribution < 1.29 is 33.3 Å². The largest absolute Gasteiger partial charge is 0.441 e. The first-order valence-electron chi connectivity index (χ1n) is 16.4. The molecule has 0 radical (unpaired) electrons. The van der Waals surface area contributed by atoms with E-state index in [1.807, 2.05) is 97.9 Å². The molecule has 8 nitrogen and oxygen atoms in total. The minimum atomic E-state index is -2.33. The summed E-state index contributed by atoms with van der Waals surface area (Å²) in [6.45, 7) is 16.4. The maximum absolute atomic E-state index is 14.6. The molecule has 5 atom stereocenters. The van der Waals surface area contributed by atoms with Gasteiger partial charge in [0, 0.05) is 0 Å². The summed E-state index contributed by atoms with van der Waals surface area (Å²) in [6.07, 6.45) is -4.90. The molecule has 1 N–H and O–H groups in total. The van der Waals surface area contributed by atoms with Crippen molar-refractivity contribution >= 4 is 20.3 Å². The van der Waals surface area contributed by atoms with Crippen LogP contribution in [0, 0.1) is 0 Å². The second-order valence-corrected chi connectivity index (χ2v) is 19.2. The third kappa shape index (κ3) is 9.18. The van der Waals surface area contributed by atoms with Crippen LogP contribution in [0.5, 0.6) is 0 Å². The average molecular weight is 662 g/mol. The molecule has 4 rings (SSSR count). The molecule has 47 heavy (non-hydrogen) atoms. The number of aliphatic hydroxyl groups is 1. The second-order valence-electron chi connectivity index (χ2n) is 14.4. The summed E-state index contributed by atoms with van der Waals surface area (Å²) in [5.74, 6) is -0.683. The van der Waals surface area contributed by atoms with E-state index in [1.54, 1.807) is 13.8 Å². The number of hydrogen-bond acceptors (Lipinski definition) is 7. The molecule has 9 heteroatoms. The van der Waals surface area contributed by atoms with Crippen molar-refractivity contribution in [3.05, 3.63) is 108 Å². The Morgan fingerprint density at radius 3 is 1.83 bits per heavy atom. The minimum absolute atomic E-state index is 0.0345. The fourth-order valence-corrected chi connectivity index (χ4v) is 6.99. The summed E-state index contributed by atoms with van der Waals surface area (Å²) in [7, 11) is -2.33. The van der Waals surface area contributed by atoms with Crippen LogP contribution in [0.1, 0.15) is 58.2 Å². The molecule has 0 spiro atoms. The summed E-state index contributed by atoms with van der Waals surface area (Å²) >= 11 is 0. The van der Waals surface area contributed by atoms with Gasteiger partial charge in [-0.2, -0.15) is 0 Å². The van der Waals surface area contributed by atoms with Gasteiger partial charge in [-0.05, 0) is 62.0 Å². The van der Waals surface area contributed by atoms with Crippen LogP contribution in [0.25, 0.3) is 0 Å². The predicted octanol–water partition coefficient (Wildman–Crippen LogP) is 7.30. The first-order chi connectivity index (χ1) is 22.1. The van der Waals surface area contributed by atoms with Gasteiger partial charge >= 0.3 is 6.09 Å². The van der Waals surface area contributed by atoms with E-state index in [4.69, 9.17) is 18.6 Å². The van der Waals surface area contributed by atoms with Crippen LogP contribution in [-0.2, 0) is 43.1 Å². The standard InChI is InChI=1S/C38H51NO7Si/c1-27(46-47(7,8)37(2,3)4)33(43-25-29-20-14-10-15-21-29)32(40)34(44-26-30-22-16-11-17-23-30)35(41)39-31(38(5,6)45-36(39)42)24-28-18-12-9-13-19-28/h9-23,27,31-34,40H,24-26H2,1-8H3/t27-,31+,32+,33+,34+/m1/s1. The Morgan fingerprint density at radius 1 is 0.872 bits per heavy atom. The quantitative estimate of drug-likeness (QED) is 0.181. The Balaban J connectivity index is 1.71. The third-order valence-corrected chi connectivity index (χ3v) is 13.9. The Morgan fingerprint density at radius 2 is 1.34 bits per heavy atom. The fraction of sp³-hybridized carbons (Fsp3) is 0.474. The van der Waals surface area contributed by atoms with E-state index in [1.165, 1.54) is 0 Å². The highest BCUT2D eigenvalue weighted by Crippen LogP contribution is 2.39. The van der Waals surface area contributed by atoms with Gasteiger partial charge in [0.2, 0.25) is 0 Å². The van der Waals surface area contributed by atoms with Gasteiger partial charge in [-0.1, -0.05) is 112 Å². The molecule has 3 aromatic carbocycles. The van der Waals surface area contributed by atoms with Crippen molar-refractivity contribution in [3.8, 4) is 0 Å². The SMILES string of the molecule is C[C@@H](O[Si](C)(C)C(C)(C)C)[C@H](OCc1ccccc1)[C@H](O)[C@H](OCc1ccccc1)C(=O)N1C(=O)OC(C)(C)[C@@H]1Cc1ccccc1. The fourth-order valence-electron chi connectivity index (χ4n) is 5.57. The number of aliphatic hydroxyl groups excluding tert-OH is 1. The molecule has 254 valence electrons. The van der Waals surface area contributed by atoms with Crippen molar-refractivity contribution in [2.24, 2.45) is 0 Å². The molecule has 3 aromatic rings. The van der Waals surface area contributed by atoms with Crippen molar-refractivity contribution in [3.63, 3.8) is 0 Å². The average Bonchev–Trinajstić information content (AvgIpc) is 3.24. The van der Waals surface area contributed by atoms with E-state index in [9.17, 15) is 14.7 Å². The predicted molar refractivity (Wildman–Crippen MR) is 185 cm³/mol. The van der Waals surface area contributed by atoms with Crippen LogP contribution < -0.4 is 0 Å². The number of rotatable bonds is 14. The van der Waals surface area contributed by atoms with E-state index >= 15 is 0 Å². The van der Waals surface area contributed by atoms with Gasteiger partial charge in [0.25, 0.3) is 5.91 Å². The first-order valence-corrected chi connectivity index (χ1v) is 19.3.